The van der Waals surface area contributed by atoms with E-state index in [1.807, 2.05) is 0 Å². The number of rotatable bonds is 13. The molecule has 3 atom stereocenters. The van der Waals surface area contributed by atoms with E-state index in [2.05, 4.69) is 79.7 Å². The Kier molecular flexibility index (Phi) is 13.0. The first-order valence-corrected chi connectivity index (χ1v) is 14.7. The summed E-state index contributed by atoms with van der Waals surface area (Å²) in [6, 6.07) is 0. The van der Waals surface area contributed by atoms with Gasteiger partial charge in [-0.05, 0) is 104 Å². The average molecular weight is 511 g/mol. The van der Waals surface area contributed by atoms with Crippen molar-refractivity contribution in [1.29, 1.82) is 0 Å². The van der Waals surface area contributed by atoms with Crippen molar-refractivity contribution in [1.82, 2.24) is 0 Å². The molecule has 37 heavy (non-hydrogen) atoms. The Labute approximate surface area is 228 Å². The lowest BCUT2D eigenvalue weighted by molar-refractivity contribution is -0.269. The van der Waals surface area contributed by atoms with Crippen LogP contribution in [0.15, 0.2) is 58.4 Å². The van der Waals surface area contributed by atoms with E-state index in [1.54, 1.807) is 6.08 Å². The molecule has 1 aliphatic carbocycles. The maximum absolute atomic E-state index is 12.5. The molecule has 3 heteroatoms. The van der Waals surface area contributed by atoms with Gasteiger partial charge in [-0.2, -0.15) is 0 Å². The molecule has 0 amide bonds. The summed E-state index contributed by atoms with van der Waals surface area (Å²) in [5.74, 6) is 0.970. The van der Waals surface area contributed by atoms with Crippen molar-refractivity contribution in [3.05, 3.63) is 58.4 Å². The summed E-state index contributed by atoms with van der Waals surface area (Å²) in [6.07, 6.45) is 22.4. The number of hydrogen-bond donors (Lipinski definition) is 0. The van der Waals surface area contributed by atoms with Crippen LogP contribution in [-0.4, -0.2) is 11.8 Å². The number of ether oxygens (including phenoxy) is 2. The van der Waals surface area contributed by atoms with Gasteiger partial charge >= 0.3 is 5.97 Å². The number of esters is 1. The van der Waals surface area contributed by atoms with E-state index in [0.29, 0.717) is 11.8 Å². The van der Waals surface area contributed by atoms with Crippen molar-refractivity contribution < 1.29 is 14.3 Å². The van der Waals surface area contributed by atoms with E-state index in [0.717, 1.165) is 63.5 Å². The van der Waals surface area contributed by atoms with Crippen molar-refractivity contribution in [2.75, 3.05) is 0 Å². The molecule has 3 nitrogen and oxygen atoms in total. The minimum absolute atomic E-state index is 0.236. The third-order valence-electron chi connectivity index (χ3n) is 7.87. The first-order valence-electron chi connectivity index (χ1n) is 14.7. The molecule has 1 fully saturated rings. The van der Waals surface area contributed by atoms with Crippen molar-refractivity contribution in [3.8, 4) is 0 Å². The molecule has 0 aromatic carbocycles. The Morgan fingerprint density at radius 1 is 0.865 bits per heavy atom. The van der Waals surface area contributed by atoms with Crippen LogP contribution in [0.5, 0.6) is 0 Å². The zero-order valence-electron chi connectivity index (χ0n) is 25.1. The minimum atomic E-state index is -0.770. The molecule has 208 valence electrons. The molecule has 0 aromatic rings. The molecule has 0 bridgehead atoms. The highest BCUT2D eigenvalue weighted by Crippen LogP contribution is 2.47. The molecule has 0 radical (unpaired) electrons. The molecule has 0 saturated heterocycles. The van der Waals surface area contributed by atoms with Gasteiger partial charge in [-0.25, -0.2) is 4.79 Å². The topological polar surface area (TPSA) is 35.5 Å². The van der Waals surface area contributed by atoms with Crippen molar-refractivity contribution in [2.24, 2.45) is 17.8 Å². The van der Waals surface area contributed by atoms with E-state index in [1.165, 1.54) is 35.1 Å². The normalized spacial score (nSPS) is 25.2. The van der Waals surface area contributed by atoms with Gasteiger partial charge in [-0.1, -0.05) is 67.4 Å². The molecule has 1 aliphatic heterocycles. The summed E-state index contributed by atoms with van der Waals surface area (Å²) < 4.78 is 12.4. The van der Waals surface area contributed by atoms with Crippen molar-refractivity contribution in [2.45, 2.75) is 132 Å². The molecule has 1 spiro atoms. The fraction of sp³-hybridized carbons (Fsp3) is 0.676. The third-order valence-corrected chi connectivity index (χ3v) is 7.87. The maximum Gasteiger partial charge on any atom is 0.337 e. The number of hydrogen-bond acceptors (Lipinski definition) is 3. The molecule has 0 unspecified atom stereocenters. The fourth-order valence-electron chi connectivity index (χ4n) is 5.67. The number of allylic oxidation sites excluding steroid dienone is 9. The zero-order valence-corrected chi connectivity index (χ0v) is 25.1. The lowest BCUT2D eigenvalue weighted by Gasteiger charge is -2.48. The second-order valence-corrected chi connectivity index (χ2v) is 12.3. The van der Waals surface area contributed by atoms with Gasteiger partial charge in [0.2, 0.25) is 0 Å². The third kappa shape index (κ3) is 11.1. The van der Waals surface area contributed by atoms with Crippen molar-refractivity contribution in [3.63, 3.8) is 0 Å². The van der Waals surface area contributed by atoms with Crippen LogP contribution in [0.3, 0.4) is 0 Å². The standard InChI is InChI=1S/C34H54O3/c1-25(2)13-9-14-27(5)15-10-16-28(6)17-11-18-29(7)19-12-20-31-23-33(35)37-34(36-31)24-30(8)21-22-32(34)26(3)4/h13,15,17,19,23,26,30,32H,9-12,14,16,18,20-22,24H2,1-8H3/b27-15+,28-17+,29-19+/t30-,32+,34+/m1/s1. The average Bonchev–Trinajstić information content (AvgIpc) is 2.78. The largest absolute Gasteiger partial charge is 0.456 e. The maximum atomic E-state index is 12.5. The van der Waals surface area contributed by atoms with Crippen LogP contribution >= 0.6 is 0 Å². The quantitative estimate of drug-likeness (QED) is 0.183. The van der Waals surface area contributed by atoms with E-state index in [4.69, 9.17) is 9.47 Å². The predicted octanol–water partition coefficient (Wildman–Crippen LogP) is 10.2. The predicted molar refractivity (Wildman–Crippen MR) is 157 cm³/mol. The van der Waals surface area contributed by atoms with E-state index >= 15 is 0 Å². The summed E-state index contributed by atoms with van der Waals surface area (Å²) in [4.78, 5) is 12.5. The Morgan fingerprint density at radius 3 is 1.95 bits per heavy atom. The van der Waals surface area contributed by atoms with E-state index < -0.39 is 5.79 Å². The van der Waals surface area contributed by atoms with Gasteiger partial charge < -0.3 is 9.47 Å². The second-order valence-electron chi connectivity index (χ2n) is 12.3. The summed E-state index contributed by atoms with van der Waals surface area (Å²) in [6.45, 7) is 17.7. The molecule has 2 rings (SSSR count). The number of carbonyl (C=O) groups excluding carboxylic acids is 1. The van der Waals surface area contributed by atoms with Crippen LogP contribution < -0.4 is 0 Å². The molecule has 0 aromatic heterocycles. The molecular weight excluding hydrogens is 456 g/mol. The molecule has 1 heterocycles. The van der Waals surface area contributed by atoms with E-state index in [-0.39, 0.29) is 11.9 Å². The Bertz CT molecular complexity index is 894. The van der Waals surface area contributed by atoms with Gasteiger partial charge in [-0.15, -0.1) is 0 Å². The minimum Gasteiger partial charge on any atom is -0.456 e. The van der Waals surface area contributed by atoms with Gasteiger partial charge in [0.05, 0.1) is 6.08 Å². The SMILES string of the molecule is CC(C)=CCC/C(C)=C/CC/C(C)=C/CC/C(C)=C/CCC1=CC(=O)O[C@]2(C[C@H](C)CC[C@H]2C(C)C)O1. The lowest BCUT2D eigenvalue weighted by Crippen LogP contribution is -2.52. The fourth-order valence-corrected chi connectivity index (χ4v) is 5.67. The summed E-state index contributed by atoms with van der Waals surface area (Å²) in [7, 11) is 0. The van der Waals surface area contributed by atoms with Gasteiger partial charge in [-0.3, -0.25) is 0 Å². The Morgan fingerprint density at radius 2 is 1.41 bits per heavy atom. The molecule has 1 saturated carbocycles. The monoisotopic (exact) mass is 510 g/mol. The summed E-state index contributed by atoms with van der Waals surface area (Å²) in [5, 5.41) is 0. The van der Waals surface area contributed by atoms with Gasteiger partial charge in [0.1, 0.15) is 5.76 Å². The van der Waals surface area contributed by atoms with Gasteiger partial charge in [0, 0.05) is 18.8 Å². The van der Waals surface area contributed by atoms with Crippen LogP contribution in [0.25, 0.3) is 0 Å². The van der Waals surface area contributed by atoms with Gasteiger partial charge in [0.25, 0.3) is 5.79 Å². The van der Waals surface area contributed by atoms with Crippen LogP contribution in [0.4, 0.5) is 0 Å². The highest BCUT2D eigenvalue weighted by molar-refractivity contribution is 5.83. The first-order chi connectivity index (χ1) is 17.5. The van der Waals surface area contributed by atoms with Crippen LogP contribution in [0.1, 0.15) is 126 Å². The van der Waals surface area contributed by atoms with Gasteiger partial charge in [0.15, 0.2) is 0 Å². The highest BCUT2D eigenvalue weighted by atomic mass is 16.7. The Hall–Kier alpha value is -2.03. The molecular formula is C34H54O3. The lowest BCUT2D eigenvalue weighted by atomic mass is 9.72. The highest BCUT2D eigenvalue weighted by Gasteiger charge is 2.51. The number of carbonyl (C=O) groups is 1. The van der Waals surface area contributed by atoms with Crippen LogP contribution in [0.2, 0.25) is 0 Å². The Balaban J connectivity index is 1.78. The molecule has 2 aliphatic rings. The first kappa shape index (κ1) is 31.2. The summed E-state index contributed by atoms with van der Waals surface area (Å²) in [5.41, 5.74) is 5.78. The van der Waals surface area contributed by atoms with Crippen LogP contribution in [0, 0.1) is 17.8 Å². The van der Waals surface area contributed by atoms with E-state index in [9.17, 15) is 4.79 Å². The zero-order chi connectivity index (χ0) is 27.4. The van der Waals surface area contributed by atoms with Crippen molar-refractivity contribution >= 4 is 5.97 Å². The summed E-state index contributed by atoms with van der Waals surface area (Å²) >= 11 is 0. The van der Waals surface area contributed by atoms with Crippen LogP contribution in [-0.2, 0) is 14.3 Å². The smallest absolute Gasteiger partial charge is 0.337 e. The molecule has 0 N–H and O–H groups in total. The second kappa shape index (κ2) is 15.4.